The van der Waals surface area contributed by atoms with Crippen molar-refractivity contribution in [3.05, 3.63) is 82.6 Å². The highest BCUT2D eigenvalue weighted by molar-refractivity contribution is 7.09. The van der Waals surface area contributed by atoms with Crippen molar-refractivity contribution in [1.29, 1.82) is 0 Å². The van der Waals surface area contributed by atoms with Crippen LogP contribution in [-0.2, 0) is 17.9 Å². The molecule has 4 aromatic rings. The molecule has 2 aromatic carbocycles. The molecule has 10 heteroatoms. The molecule has 1 amide bonds. The molecule has 0 bridgehead atoms. The first kappa shape index (κ1) is 23.0. The van der Waals surface area contributed by atoms with E-state index in [2.05, 4.69) is 26.2 Å². The molecule has 0 radical (unpaired) electrons. The number of carbonyl (C=O) groups is 1. The molecule has 1 aliphatic rings. The minimum Gasteiger partial charge on any atom is -0.487 e. The van der Waals surface area contributed by atoms with Gasteiger partial charge < -0.3 is 14.8 Å². The number of alkyl carbamates (subject to hydrolysis) is 1. The van der Waals surface area contributed by atoms with Crippen molar-refractivity contribution in [2.45, 2.75) is 50.9 Å². The first-order valence-electron chi connectivity index (χ1n) is 11.6. The van der Waals surface area contributed by atoms with Gasteiger partial charge in [-0.2, -0.15) is 0 Å². The summed E-state index contributed by atoms with van der Waals surface area (Å²) in [6.45, 7) is 0.892. The van der Waals surface area contributed by atoms with Gasteiger partial charge in [0.1, 0.15) is 24.8 Å². The Morgan fingerprint density at radius 3 is 2.60 bits per heavy atom. The quantitative estimate of drug-likeness (QED) is 0.383. The zero-order valence-corrected chi connectivity index (χ0v) is 19.9. The summed E-state index contributed by atoms with van der Waals surface area (Å²) in [5.41, 5.74) is 2.85. The van der Waals surface area contributed by atoms with Crippen LogP contribution in [0.15, 0.2) is 66.3 Å². The van der Waals surface area contributed by atoms with Crippen LogP contribution >= 0.6 is 11.3 Å². The van der Waals surface area contributed by atoms with Gasteiger partial charge in [-0.05, 0) is 65.9 Å². The summed E-state index contributed by atoms with van der Waals surface area (Å²) in [4.78, 5) is 16.9. The number of tetrazole rings is 1. The van der Waals surface area contributed by atoms with Crippen LogP contribution in [0.1, 0.15) is 47.9 Å². The molecular formula is C25H26N6O3S. The van der Waals surface area contributed by atoms with E-state index in [1.165, 1.54) is 0 Å². The maximum Gasteiger partial charge on any atom is 0.407 e. The number of amides is 1. The highest BCUT2D eigenvalue weighted by Crippen LogP contribution is 2.35. The van der Waals surface area contributed by atoms with E-state index < -0.39 is 0 Å². The highest BCUT2D eigenvalue weighted by Gasteiger charge is 2.26. The minimum atomic E-state index is -0.350. The van der Waals surface area contributed by atoms with Crippen LogP contribution in [0.2, 0.25) is 0 Å². The normalized spacial score (nSPS) is 17.6. The maximum absolute atomic E-state index is 12.1. The molecule has 1 fully saturated rings. The summed E-state index contributed by atoms with van der Waals surface area (Å²) < 4.78 is 13.1. The fourth-order valence-corrected chi connectivity index (χ4v) is 5.07. The van der Waals surface area contributed by atoms with Crippen LogP contribution in [0.3, 0.4) is 0 Å². The second-order valence-corrected chi connectivity index (χ2v) is 9.32. The first-order valence-corrected chi connectivity index (χ1v) is 12.5. The van der Waals surface area contributed by atoms with Gasteiger partial charge in [-0.1, -0.05) is 30.3 Å². The predicted octanol–water partition coefficient (Wildman–Crippen LogP) is 4.65. The van der Waals surface area contributed by atoms with Gasteiger partial charge in [0, 0.05) is 17.8 Å². The second-order valence-electron chi connectivity index (χ2n) is 8.43. The maximum atomic E-state index is 12.1. The molecule has 35 heavy (non-hydrogen) atoms. The molecule has 0 spiro atoms. The molecule has 0 atom stereocenters. The van der Waals surface area contributed by atoms with E-state index in [1.54, 1.807) is 22.3 Å². The Labute approximate surface area is 207 Å². The number of rotatable bonds is 8. The molecule has 180 valence electrons. The summed E-state index contributed by atoms with van der Waals surface area (Å²) in [5.74, 6) is 1.16. The lowest BCUT2D eigenvalue weighted by molar-refractivity contribution is 0.0711. The third-order valence-electron chi connectivity index (χ3n) is 5.98. The van der Waals surface area contributed by atoms with Crippen molar-refractivity contribution >= 4 is 17.4 Å². The average molecular weight is 491 g/mol. The minimum absolute atomic E-state index is 0.0407. The van der Waals surface area contributed by atoms with Crippen LogP contribution in [0.4, 0.5) is 4.79 Å². The highest BCUT2D eigenvalue weighted by atomic mass is 32.1. The number of nitrogens with one attached hydrogen (secondary N) is 1. The Kier molecular flexibility index (Phi) is 7.28. The van der Waals surface area contributed by atoms with Gasteiger partial charge in [0.2, 0.25) is 0 Å². The van der Waals surface area contributed by atoms with Crippen LogP contribution in [0.5, 0.6) is 5.75 Å². The zero-order valence-electron chi connectivity index (χ0n) is 19.1. The summed E-state index contributed by atoms with van der Waals surface area (Å²) in [7, 11) is 0. The molecule has 0 aliphatic heterocycles. The predicted molar refractivity (Wildman–Crippen MR) is 130 cm³/mol. The van der Waals surface area contributed by atoms with Crippen molar-refractivity contribution in [1.82, 2.24) is 30.5 Å². The van der Waals surface area contributed by atoms with Gasteiger partial charge in [-0.15, -0.1) is 16.4 Å². The van der Waals surface area contributed by atoms with Crippen LogP contribution < -0.4 is 10.1 Å². The number of ether oxygens (including phenoxy) is 2. The SMILES string of the molecule is O=C(NCc1ccccc1)OC1CCC(c2nc(COc3ccc(-n4cnnn4)cc3)cs2)CC1. The number of thiazole rings is 1. The first-order chi connectivity index (χ1) is 17.2. The fourth-order valence-electron chi connectivity index (χ4n) is 4.10. The van der Waals surface area contributed by atoms with Gasteiger partial charge in [0.15, 0.2) is 0 Å². The third kappa shape index (κ3) is 6.21. The van der Waals surface area contributed by atoms with Crippen LogP contribution in [-0.4, -0.2) is 37.4 Å². The lowest BCUT2D eigenvalue weighted by Crippen LogP contribution is -2.30. The average Bonchev–Trinajstić information content (AvgIpc) is 3.61. The van der Waals surface area contributed by atoms with Crippen LogP contribution in [0, 0.1) is 0 Å². The van der Waals surface area contributed by atoms with E-state index in [0.29, 0.717) is 19.1 Å². The Bertz CT molecular complexity index is 1210. The molecule has 2 aromatic heterocycles. The molecule has 1 saturated carbocycles. The molecule has 1 aliphatic carbocycles. The molecule has 0 saturated heterocycles. The molecule has 2 heterocycles. The number of hydrogen-bond donors (Lipinski definition) is 1. The van der Waals surface area contributed by atoms with E-state index in [-0.39, 0.29) is 12.2 Å². The number of nitrogens with zero attached hydrogens (tertiary/aromatic N) is 5. The lowest BCUT2D eigenvalue weighted by Gasteiger charge is -2.27. The van der Waals surface area contributed by atoms with Gasteiger partial charge in [-0.3, -0.25) is 0 Å². The van der Waals surface area contributed by atoms with Gasteiger partial charge in [0.05, 0.1) is 16.4 Å². The molecular weight excluding hydrogens is 464 g/mol. The van der Waals surface area contributed by atoms with Gasteiger partial charge in [-0.25, -0.2) is 14.5 Å². The summed E-state index contributed by atoms with van der Waals surface area (Å²) >= 11 is 1.68. The molecule has 9 nitrogen and oxygen atoms in total. The number of aromatic nitrogens is 5. The third-order valence-corrected chi connectivity index (χ3v) is 7.04. The van der Waals surface area contributed by atoms with Crippen molar-refractivity contribution in [3.63, 3.8) is 0 Å². The zero-order chi connectivity index (χ0) is 23.9. The number of hydrogen-bond acceptors (Lipinski definition) is 8. The Morgan fingerprint density at radius 1 is 1.06 bits per heavy atom. The molecule has 0 unspecified atom stereocenters. The van der Waals surface area contributed by atoms with Crippen LogP contribution in [0.25, 0.3) is 5.69 Å². The number of carbonyl (C=O) groups excluding carboxylic acids is 1. The van der Waals surface area contributed by atoms with E-state index in [9.17, 15) is 4.79 Å². The fraction of sp³-hybridized carbons (Fsp3) is 0.320. The largest absolute Gasteiger partial charge is 0.487 e. The Balaban J connectivity index is 1.05. The van der Waals surface area contributed by atoms with Crippen molar-refractivity contribution in [3.8, 4) is 11.4 Å². The summed E-state index contributed by atoms with van der Waals surface area (Å²) in [5, 5.41) is 17.2. The summed E-state index contributed by atoms with van der Waals surface area (Å²) in [6, 6.07) is 17.4. The molecule has 1 N–H and O–H groups in total. The smallest absolute Gasteiger partial charge is 0.407 e. The number of benzene rings is 2. The Morgan fingerprint density at radius 2 is 1.86 bits per heavy atom. The molecule has 5 rings (SSSR count). The van der Waals surface area contributed by atoms with E-state index in [4.69, 9.17) is 14.5 Å². The van der Waals surface area contributed by atoms with E-state index in [1.807, 2.05) is 54.6 Å². The standard InChI is InChI=1S/C25H26N6O3S/c32-25(26-14-18-4-2-1-3-5-18)34-23-10-6-19(7-11-23)24-28-20(16-35-24)15-33-22-12-8-21(9-13-22)31-17-27-29-30-31/h1-5,8-9,12-13,16-17,19,23H,6-7,10-11,14-15H2,(H,26,32). The Hall–Kier alpha value is -3.79. The lowest BCUT2D eigenvalue weighted by atomic mass is 9.88. The van der Waals surface area contributed by atoms with Crippen molar-refractivity contribution in [2.24, 2.45) is 0 Å². The van der Waals surface area contributed by atoms with Crippen molar-refractivity contribution in [2.75, 3.05) is 0 Å². The van der Waals surface area contributed by atoms with Crippen molar-refractivity contribution < 1.29 is 14.3 Å². The van der Waals surface area contributed by atoms with E-state index >= 15 is 0 Å². The van der Waals surface area contributed by atoms with Gasteiger partial charge >= 0.3 is 6.09 Å². The topological polar surface area (TPSA) is 104 Å². The summed E-state index contributed by atoms with van der Waals surface area (Å²) in [6.07, 6.45) is 4.78. The van der Waals surface area contributed by atoms with Gasteiger partial charge in [0.25, 0.3) is 0 Å². The monoisotopic (exact) mass is 490 g/mol. The second kappa shape index (κ2) is 11.1. The van der Waals surface area contributed by atoms with E-state index in [0.717, 1.165) is 53.4 Å².